The normalized spacial score (nSPS) is 21.4. The first-order valence-corrected chi connectivity index (χ1v) is 11.8. The first kappa shape index (κ1) is 32.2. The number of carboxylic acids is 2. The summed E-state index contributed by atoms with van der Waals surface area (Å²) in [6.45, 7) is 7.85. The highest BCUT2D eigenvalue weighted by molar-refractivity contribution is 5.73. The number of rotatable bonds is 6. The molecule has 0 aliphatic carbocycles. The monoisotopic (exact) mass is 572 g/mol. The second-order valence-electron chi connectivity index (χ2n) is 9.21. The van der Waals surface area contributed by atoms with Gasteiger partial charge in [-0.05, 0) is 57.1 Å². The number of ether oxygens (including phenoxy) is 1. The van der Waals surface area contributed by atoms with E-state index in [1.165, 1.54) is 6.42 Å². The lowest BCUT2D eigenvalue weighted by Crippen LogP contribution is -2.44. The lowest BCUT2D eigenvalue weighted by atomic mass is 9.84. The molecule has 2 aliphatic heterocycles. The van der Waals surface area contributed by atoms with Crippen LogP contribution >= 0.6 is 0 Å². The van der Waals surface area contributed by atoms with Gasteiger partial charge >= 0.3 is 24.3 Å². The third kappa shape index (κ3) is 10.9. The van der Waals surface area contributed by atoms with Crippen LogP contribution in [0.4, 0.5) is 26.3 Å². The molecule has 15 heteroatoms. The Labute approximate surface area is 219 Å². The maximum absolute atomic E-state index is 10.6. The smallest absolute Gasteiger partial charge is 0.475 e. The standard InChI is InChI=1S/C20H28N2O3.2C2HF3O2/c1-15-5-6-18(25-15)11-22-8-7-16-14-24-20(19(16)12-22)13-21(2)10-17-4-3-9-23-17;2*3-2(4,5)1(6)7/h3-6,9,16,19-20H,7-8,10-14H2,1-2H3;2*(H,6,7)/t16-,19-,20+;;/m0../s1. The van der Waals surface area contributed by atoms with Gasteiger partial charge in [-0.3, -0.25) is 9.80 Å². The van der Waals surface area contributed by atoms with Crippen LogP contribution in [0.5, 0.6) is 0 Å². The molecule has 2 aromatic rings. The number of carboxylic acid groups (broad SMARTS) is 2. The van der Waals surface area contributed by atoms with E-state index in [2.05, 4.69) is 22.9 Å². The molecule has 2 aliphatic rings. The van der Waals surface area contributed by atoms with Crippen LogP contribution in [-0.4, -0.2) is 83.7 Å². The number of hydrogen-bond acceptors (Lipinski definition) is 7. The number of nitrogens with zero attached hydrogens (tertiary/aromatic N) is 2. The fourth-order valence-corrected chi connectivity index (χ4v) is 4.26. The molecule has 0 radical (unpaired) electrons. The largest absolute Gasteiger partial charge is 0.490 e. The van der Waals surface area contributed by atoms with Crippen LogP contribution in [0.2, 0.25) is 0 Å². The highest BCUT2D eigenvalue weighted by Gasteiger charge is 2.41. The fraction of sp³-hybridized carbons (Fsp3) is 0.583. The molecule has 0 spiro atoms. The summed E-state index contributed by atoms with van der Waals surface area (Å²) in [5, 5.41) is 14.2. The molecule has 2 fully saturated rings. The average Bonchev–Trinajstić information content (AvgIpc) is 3.56. The number of likely N-dealkylation sites (N-methyl/N-ethyl adjacent to an activating group) is 1. The molecule has 3 atom stereocenters. The molecule has 4 rings (SSSR count). The minimum atomic E-state index is -5.08. The second-order valence-corrected chi connectivity index (χ2v) is 9.21. The van der Waals surface area contributed by atoms with Crippen LogP contribution in [0, 0.1) is 18.8 Å². The van der Waals surface area contributed by atoms with Crippen molar-refractivity contribution in [2.24, 2.45) is 11.8 Å². The average molecular weight is 572 g/mol. The van der Waals surface area contributed by atoms with Gasteiger partial charge in [0.25, 0.3) is 0 Å². The number of hydrogen-bond donors (Lipinski definition) is 2. The van der Waals surface area contributed by atoms with Gasteiger partial charge in [0.05, 0.1) is 32.1 Å². The number of piperidine rings is 1. The van der Waals surface area contributed by atoms with Gasteiger partial charge in [-0.15, -0.1) is 0 Å². The first-order chi connectivity index (χ1) is 18.1. The lowest BCUT2D eigenvalue weighted by Gasteiger charge is -2.36. The lowest BCUT2D eigenvalue weighted by molar-refractivity contribution is -0.193. The number of fused-ring (bicyclic) bond motifs is 1. The third-order valence-electron chi connectivity index (χ3n) is 6.05. The molecule has 4 heterocycles. The van der Waals surface area contributed by atoms with Crippen LogP contribution in [0.15, 0.2) is 39.4 Å². The van der Waals surface area contributed by atoms with Crippen molar-refractivity contribution in [2.45, 2.75) is 44.9 Å². The Kier molecular flexibility index (Phi) is 11.4. The predicted molar refractivity (Wildman–Crippen MR) is 122 cm³/mol. The number of alkyl halides is 6. The van der Waals surface area contributed by atoms with Gasteiger partial charge in [-0.2, -0.15) is 26.3 Å². The van der Waals surface area contributed by atoms with Gasteiger partial charge < -0.3 is 23.8 Å². The molecule has 2 saturated heterocycles. The topological polar surface area (TPSA) is 117 Å². The third-order valence-corrected chi connectivity index (χ3v) is 6.05. The van der Waals surface area contributed by atoms with Crippen molar-refractivity contribution in [3.63, 3.8) is 0 Å². The number of likely N-dealkylation sites (tertiary alicyclic amines) is 1. The first-order valence-electron chi connectivity index (χ1n) is 11.8. The molecule has 0 bridgehead atoms. The van der Waals surface area contributed by atoms with Gasteiger partial charge in [-0.1, -0.05) is 0 Å². The molecule has 39 heavy (non-hydrogen) atoms. The molecule has 0 unspecified atom stereocenters. The minimum Gasteiger partial charge on any atom is -0.475 e. The minimum absolute atomic E-state index is 0.311. The number of aliphatic carboxylic acids is 2. The van der Waals surface area contributed by atoms with Crippen molar-refractivity contribution in [1.82, 2.24) is 9.80 Å². The molecule has 2 N–H and O–H groups in total. The van der Waals surface area contributed by atoms with Crippen LogP contribution in [-0.2, 0) is 27.4 Å². The van der Waals surface area contributed by atoms with Gasteiger partial charge in [0, 0.05) is 19.0 Å². The zero-order valence-corrected chi connectivity index (χ0v) is 21.2. The van der Waals surface area contributed by atoms with E-state index in [4.69, 9.17) is 33.4 Å². The molecule has 9 nitrogen and oxygen atoms in total. The maximum atomic E-state index is 10.6. The van der Waals surface area contributed by atoms with Gasteiger partial charge in [0.15, 0.2) is 0 Å². The zero-order chi connectivity index (χ0) is 29.4. The highest BCUT2D eigenvalue weighted by Crippen LogP contribution is 2.35. The van der Waals surface area contributed by atoms with E-state index in [0.717, 1.165) is 56.6 Å². The summed E-state index contributed by atoms with van der Waals surface area (Å²) in [6, 6.07) is 8.12. The molecule has 0 saturated carbocycles. The van der Waals surface area contributed by atoms with Crippen molar-refractivity contribution in [3.05, 3.63) is 47.8 Å². The van der Waals surface area contributed by atoms with Crippen LogP contribution in [0.1, 0.15) is 23.7 Å². The summed E-state index contributed by atoms with van der Waals surface area (Å²) in [4.78, 5) is 22.6. The van der Waals surface area contributed by atoms with Gasteiger partial charge in [0.2, 0.25) is 0 Å². The molecular weight excluding hydrogens is 542 g/mol. The molecule has 2 aromatic heterocycles. The SMILES string of the molecule is Cc1ccc(CN2CC[C@H]3CO[C@H](CN(C)Cc4ccco4)[C@H]3C2)o1.O=C(O)C(F)(F)F.O=C(O)C(F)(F)F. The van der Waals surface area contributed by atoms with E-state index in [0.29, 0.717) is 17.9 Å². The quantitative estimate of drug-likeness (QED) is 0.486. The molecule has 0 amide bonds. The van der Waals surface area contributed by atoms with E-state index in [-0.39, 0.29) is 0 Å². The number of furan rings is 2. The van der Waals surface area contributed by atoms with E-state index >= 15 is 0 Å². The number of aryl methyl sites for hydroxylation is 1. The van der Waals surface area contributed by atoms with Crippen LogP contribution in [0.25, 0.3) is 0 Å². The van der Waals surface area contributed by atoms with Gasteiger partial charge in [0.1, 0.15) is 17.3 Å². The summed E-state index contributed by atoms with van der Waals surface area (Å²) in [7, 11) is 2.14. The van der Waals surface area contributed by atoms with Crippen molar-refractivity contribution >= 4 is 11.9 Å². The Hall–Kier alpha value is -3.04. The number of halogens is 6. The molecular formula is C24H30F6N2O7. The van der Waals surface area contributed by atoms with E-state index in [1.54, 1.807) is 6.26 Å². The van der Waals surface area contributed by atoms with Crippen LogP contribution in [0.3, 0.4) is 0 Å². The van der Waals surface area contributed by atoms with Crippen molar-refractivity contribution < 1.29 is 59.7 Å². The summed E-state index contributed by atoms with van der Waals surface area (Å²) >= 11 is 0. The van der Waals surface area contributed by atoms with Crippen molar-refractivity contribution in [3.8, 4) is 0 Å². The Balaban J connectivity index is 0.000000317. The summed E-state index contributed by atoms with van der Waals surface area (Å²) < 4.78 is 80.9. The Morgan fingerprint density at radius 2 is 1.67 bits per heavy atom. The van der Waals surface area contributed by atoms with Crippen molar-refractivity contribution in [2.75, 3.05) is 33.3 Å². The number of carbonyl (C=O) groups is 2. The molecule has 220 valence electrons. The van der Waals surface area contributed by atoms with Crippen LogP contribution < -0.4 is 0 Å². The molecule has 0 aromatic carbocycles. The predicted octanol–water partition coefficient (Wildman–Crippen LogP) is 4.42. The van der Waals surface area contributed by atoms with E-state index < -0.39 is 24.3 Å². The summed E-state index contributed by atoms with van der Waals surface area (Å²) in [6.07, 6.45) is -6.89. The van der Waals surface area contributed by atoms with Gasteiger partial charge in [-0.25, -0.2) is 9.59 Å². The van der Waals surface area contributed by atoms with Crippen molar-refractivity contribution in [1.29, 1.82) is 0 Å². The zero-order valence-electron chi connectivity index (χ0n) is 21.2. The highest BCUT2D eigenvalue weighted by atomic mass is 19.4. The Bertz CT molecular complexity index is 1010. The Morgan fingerprint density at radius 3 is 2.15 bits per heavy atom. The summed E-state index contributed by atoms with van der Waals surface area (Å²) in [5.74, 6) is -1.12. The summed E-state index contributed by atoms with van der Waals surface area (Å²) in [5.41, 5.74) is 0. The second kappa shape index (κ2) is 13.8. The fourth-order valence-electron chi connectivity index (χ4n) is 4.26. The Morgan fingerprint density at radius 1 is 1.05 bits per heavy atom. The van der Waals surface area contributed by atoms with E-state index in [1.807, 2.05) is 25.1 Å². The van der Waals surface area contributed by atoms with E-state index in [9.17, 15) is 26.3 Å². The maximum Gasteiger partial charge on any atom is 0.490 e.